The highest BCUT2D eigenvalue weighted by molar-refractivity contribution is 5.94. The molecule has 3 fully saturated rings. The van der Waals surface area contributed by atoms with Crippen molar-refractivity contribution in [2.45, 2.75) is 89.7 Å². The van der Waals surface area contributed by atoms with Crippen molar-refractivity contribution in [1.82, 2.24) is 4.90 Å². The van der Waals surface area contributed by atoms with E-state index in [1.54, 1.807) is 6.07 Å². The molecule has 6 rings (SSSR count). The van der Waals surface area contributed by atoms with E-state index in [9.17, 15) is 4.79 Å². The van der Waals surface area contributed by atoms with Gasteiger partial charge in [0.05, 0.1) is 19.3 Å². The van der Waals surface area contributed by atoms with Crippen molar-refractivity contribution in [2.24, 2.45) is 0 Å². The number of ether oxygens (including phenoxy) is 2. The van der Waals surface area contributed by atoms with Crippen LogP contribution in [0.3, 0.4) is 0 Å². The van der Waals surface area contributed by atoms with Crippen LogP contribution in [0.1, 0.15) is 98.6 Å². The number of hydrogen-bond donors (Lipinski definition) is 1. The third-order valence-electron chi connectivity index (χ3n) is 8.99. The van der Waals surface area contributed by atoms with E-state index < -0.39 is 0 Å². The highest BCUT2D eigenvalue weighted by Crippen LogP contribution is 2.48. The lowest BCUT2D eigenvalue weighted by atomic mass is 9.91. The lowest BCUT2D eigenvalue weighted by Gasteiger charge is -2.25. The van der Waals surface area contributed by atoms with Gasteiger partial charge in [0.25, 0.3) is 0 Å². The second kappa shape index (κ2) is 12.5. The van der Waals surface area contributed by atoms with Crippen LogP contribution >= 0.6 is 0 Å². The number of hydrogen-bond acceptors (Lipinski definition) is 4. The van der Waals surface area contributed by atoms with Crippen molar-refractivity contribution in [2.75, 3.05) is 25.0 Å². The molecule has 3 aliphatic rings. The monoisotopic (exact) mass is 570 g/mol. The molecule has 0 aromatic heterocycles. The highest BCUT2D eigenvalue weighted by Gasteiger charge is 2.38. The van der Waals surface area contributed by atoms with E-state index in [4.69, 9.17) is 9.47 Å². The Morgan fingerprint density at radius 1 is 0.929 bits per heavy atom. The van der Waals surface area contributed by atoms with Gasteiger partial charge >= 0.3 is 0 Å². The number of carbonyl (C=O) groups is 1. The fourth-order valence-electron chi connectivity index (χ4n) is 6.46. The fourth-order valence-corrected chi connectivity index (χ4v) is 6.46. The lowest BCUT2D eigenvalue weighted by Crippen LogP contribution is -2.33. The number of nitrogens with zero attached hydrogens (tertiary/aromatic N) is 1. The molecule has 2 atom stereocenters. The summed E-state index contributed by atoms with van der Waals surface area (Å²) in [4.78, 5) is 15.8. The van der Waals surface area contributed by atoms with Crippen LogP contribution in [0.25, 0.3) is 0 Å². The molecule has 0 unspecified atom stereocenters. The minimum atomic E-state index is -0.159. The molecule has 0 bridgehead atoms. The maximum atomic E-state index is 15.7. The van der Waals surface area contributed by atoms with Gasteiger partial charge in [-0.25, -0.2) is 4.39 Å². The fraction of sp³-hybridized carbons (Fsp3) is 0.472. The van der Waals surface area contributed by atoms with Crippen LogP contribution in [0.2, 0.25) is 0 Å². The number of amides is 1. The summed E-state index contributed by atoms with van der Waals surface area (Å²) in [6, 6.07) is 18.1. The maximum absolute atomic E-state index is 15.7. The van der Waals surface area contributed by atoms with Crippen molar-refractivity contribution in [1.29, 1.82) is 0 Å². The number of benzene rings is 3. The first kappa shape index (κ1) is 28.7. The van der Waals surface area contributed by atoms with Crippen molar-refractivity contribution in [3.8, 4) is 11.5 Å². The van der Waals surface area contributed by atoms with Crippen LogP contribution in [0.5, 0.6) is 11.5 Å². The zero-order valence-corrected chi connectivity index (χ0v) is 25.1. The van der Waals surface area contributed by atoms with Gasteiger partial charge in [-0.2, -0.15) is 0 Å². The van der Waals surface area contributed by atoms with Crippen LogP contribution in [0, 0.1) is 5.82 Å². The van der Waals surface area contributed by atoms with Crippen molar-refractivity contribution in [3.63, 3.8) is 0 Å². The number of nitrogens with one attached hydrogen (secondary N) is 1. The molecule has 222 valence electrons. The zero-order valence-electron chi connectivity index (χ0n) is 25.1. The summed E-state index contributed by atoms with van der Waals surface area (Å²) in [7, 11) is 0. The highest BCUT2D eigenvalue weighted by atomic mass is 19.1. The number of anilines is 1. The predicted octanol–water partition coefficient (Wildman–Crippen LogP) is 7.94. The molecule has 3 aromatic carbocycles. The van der Waals surface area contributed by atoms with Gasteiger partial charge in [-0.15, -0.1) is 0 Å². The molecule has 5 nitrogen and oxygen atoms in total. The number of aryl methyl sites for hydroxylation is 2. The molecule has 6 heteroatoms. The van der Waals surface area contributed by atoms with Gasteiger partial charge in [-0.1, -0.05) is 44.2 Å². The molecular formula is C36H43FN2O3. The second-order valence-corrected chi connectivity index (χ2v) is 12.1. The third-order valence-corrected chi connectivity index (χ3v) is 8.99. The van der Waals surface area contributed by atoms with Gasteiger partial charge in [0.15, 0.2) is 0 Å². The molecule has 3 aromatic rings. The molecule has 42 heavy (non-hydrogen) atoms. The van der Waals surface area contributed by atoms with E-state index in [2.05, 4.69) is 54.4 Å². The summed E-state index contributed by atoms with van der Waals surface area (Å²) in [5.41, 5.74) is 6.03. The minimum Gasteiger partial charge on any atom is -0.494 e. The zero-order chi connectivity index (χ0) is 29.2. The van der Waals surface area contributed by atoms with Gasteiger partial charge in [0.1, 0.15) is 17.3 Å². The predicted molar refractivity (Wildman–Crippen MR) is 165 cm³/mol. The number of rotatable bonds is 12. The van der Waals surface area contributed by atoms with Gasteiger partial charge in [-0.3, -0.25) is 9.69 Å². The Morgan fingerprint density at radius 3 is 2.26 bits per heavy atom. The van der Waals surface area contributed by atoms with Crippen LogP contribution in [-0.4, -0.2) is 36.6 Å². The summed E-state index contributed by atoms with van der Waals surface area (Å²) in [6.07, 6.45) is 7.19. The van der Waals surface area contributed by atoms with Crippen LogP contribution in [0.4, 0.5) is 10.1 Å². The van der Waals surface area contributed by atoms with E-state index in [1.165, 1.54) is 0 Å². The normalized spacial score (nSPS) is 20.5. The number of para-hydroxylation sites is 1. The Labute approximate surface area is 249 Å². The number of halogens is 1. The van der Waals surface area contributed by atoms with E-state index in [0.717, 1.165) is 84.4 Å². The molecular weight excluding hydrogens is 527 g/mol. The molecule has 1 aliphatic heterocycles. The largest absolute Gasteiger partial charge is 0.494 e. The Hall–Kier alpha value is -3.38. The van der Waals surface area contributed by atoms with Crippen LogP contribution in [-0.2, 0) is 17.6 Å². The first-order valence-electron chi connectivity index (χ1n) is 15.8. The first-order chi connectivity index (χ1) is 20.5. The summed E-state index contributed by atoms with van der Waals surface area (Å²) in [5, 5.41) is 3.24. The third kappa shape index (κ3) is 6.34. The van der Waals surface area contributed by atoms with Crippen molar-refractivity contribution in [3.05, 3.63) is 88.2 Å². The van der Waals surface area contributed by atoms with Gasteiger partial charge in [0.2, 0.25) is 5.91 Å². The second-order valence-electron chi connectivity index (χ2n) is 12.1. The Morgan fingerprint density at radius 2 is 1.64 bits per heavy atom. The lowest BCUT2D eigenvalue weighted by molar-refractivity contribution is -0.117. The van der Waals surface area contributed by atoms with Crippen LogP contribution < -0.4 is 14.8 Å². The molecule has 0 spiro atoms. The van der Waals surface area contributed by atoms with Gasteiger partial charge in [-0.05, 0) is 104 Å². The van der Waals surface area contributed by atoms with Crippen molar-refractivity contribution >= 4 is 11.6 Å². The van der Waals surface area contributed by atoms with Crippen molar-refractivity contribution < 1.29 is 18.7 Å². The van der Waals surface area contributed by atoms with E-state index in [1.807, 2.05) is 25.1 Å². The topological polar surface area (TPSA) is 50.8 Å². The summed E-state index contributed by atoms with van der Waals surface area (Å²) in [5.74, 6) is 1.85. The number of likely N-dealkylation sites (tertiary alicyclic amines) is 1. The molecule has 0 radical (unpaired) electrons. The van der Waals surface area contributed by atoms with Crippen LogP contribution in [0.15, 0.2) is 54.6 Å². The van der Waals surface area contributed by atoms with E-state index in [0.29, 0.717) is 30.7 Å². The Balaban J connectivity index is 1.27. The SMILES string of the molecule is CCOc1cc([C@@H]2C[C@H](c3ccc(OC4CC4)cc3)N(CC(=O)Nc3c(CC)cccc3CC)C2)c(F)cc1C1CC1. The molecule has 2 aliphatic carbocycles. The smallest absolute Gasteiger partial charge is 0.238 e. The Kier molecular flexibility index (Phi) is 8.53. The summed E-state index contributed by atoms with van der Waals surface area (Å²) in [6.45, 7) is 7.59. The summed E-state index contributed by atoms with van der Waals surface area (Å²) >= 11 is 0. The Bertz CT molecular complexity index is 1390. The van der Waals surface area contributed by atoms with E-state index >= 15 is 4.39 Å². The number of carbonyl (C=O) groups excluding carboxylic acids is 1. The van der Waals surface area contributed by atoms with Gasteiger partial charge in [0, 0.05) is 29.8 Å². The standard InChI is InChI=1S/C36H43FN2O3/c1-4-23-8-7-9-24(5-2)36(23)38-35(40)22-39-21-27(18-33(39)26-12-14-28(15-13-26)42-29-16-17-29)30-20-34(41-6-3)31(19-32(30)37)25-10-11-25/h7-9,12-15,19-20,25,27,29,33H,4-6,10-11,16-18,21-22H2,1-3H3,(H,38,40)/t27-,33-/m1/s1. The minimum absolute atomic E-state index is 0.0131. The van der Waals surface area contributed by atoms with E-state index in [-0.39, 0.29) is 30.2 Å². The maximum Gasteiger partial charge on any atom is 0.238 e. The van der Waals surface area contributed by atoms with Gasteiger partial charge < -0.3 is 14.8 Å². The summed E-state index contributed by atoms with van der Waals surface area (Å²) < 4.78 is 27.7. The molecule has 1 heterocycles. The molecule has 1 amide bonds. The molecule has 1 saturated heterocycles. The average Bonchev–Trinajstić information content (AvgIpc) is 3.93. The first-order valence-corrected chi connectivity index (χ1v) is 15.8. The molecule has 2 saturated carbocycles. The average molecular weight is 571 g/mol. The molecule has 1 N–H and O–H groups in total. The quantitative estimate of drug-likeness (QED) is 0.240.